The van der Waals surface area contributed by atoms with Gasteiger partial charge in [-0.25, -0.2) is 14.6 Å². The number of urea groups is 1. The Hall–Kier alpha value is -1.77. The highest BCUT2D eigenvalue weighted by molar-refractivity contribution is 8.00. The molecule has 3 atom stereocenters. The zero-order valence-corrected chi connectivity index (χ0v) is 12.3. The monoisotopic (exact) mass is 311 g/mol. The molecule has 1 aromatic rings. The van der Waals surface area contributed by atoms with Gasteiger partial charge in [-0.3, -0.25) is 10.00 Å². The Bertz CT molecular complexity index is 533. The summed E-state index contributed by atoms with van der Waals surface area (Å²) in [5.74, 6) is 0.463. The third-order valence-electron chi connectivity index (χ3n) is 3.76. The molecule has 2 heterocycles. The predicted molar refractivity (Wildman–Crippen MR) is 75.6 cm³/mol. The third-order valence-corrected chi connectivity index (χ3v) is 5.23. The smallest absolute Gasteiger partial charge is 0.327 e. The molecule has 8 nitrogen and oxygen atoms in total. The molecule has 1 saturated carbocycles. The number of amides is 2. The second-order valence-corrected chi connectivity index (χ2v) is 6.51. The maximum absolute atomic E-state index is 12.5. The second-order valence-electron chi connectivity index (χ2n) is 5.36. The van der Waals surface area contributed by atoms with Crippen molar-refractivity contribution in [2.45, 2.75) is 37.2 Å². The molecule has 1 aliphatic heterocycles. The van der Waals surface area contributed by atoms with E-state index in [1.807, 2.05) is 0 Å². The van der Waals surface area contributed by atoms with Gasteiger partial charge in [0.15, 0.2) is 0 Å². The molecule has 1 aromatic heterocycles. The maximum atomic E-state index is 12.5. The number of carboxylic acids is 1. The summed E-state index contributed by atoms with van der Waals surface area (Å²) in [6.07, 6.45) is 3.49. The van der Waals surface area contributed by atoms with Gasteiger partial charge < -0.3 is 10.4 Å². The van der Waals surface area contributed by atoms with E-state index in [0.717, 1.165) is 12.8 Å². The minimum atomic E-state index is -0.951. The van der Waals surface area contributed by atoms with Crippen molar-refractivity contribution in [1.82, 2.24) is 25.4 Å². The van der Waals surface area contributed by atoms with Crippen LogP contribution in [0.3, 0.4) is 0 Å². The molecule has 9 heteroatoms. The molecule has 0 radical (unpaired) electrons. The number of aromatic amines is 1. The average molecular weight is 311 g/mol. The van der Waals surface area contributed by atoms with E-state index >= 15 is 0 Å². The average Bonchev–Trinajstić information content (AvgIpc) is 2.98. The Balaban J connectivity index is 1.72. The van der Waals surface area contributed by atoms with Crippen molar-refractivity contribution >= 4 is 23.8 Å². The Kier molecular flexibility index (Phi) is 3.75. The van der Waals surface area contributed by atoms with E-state index in [2.05, 4.69) is 20.5 Å². The molecule has 3 rings (SSSR count). The lowest BCUT2D eigenvalue weighted by Crippen LogP contribution is -2.51. The van der Waals surface area contributed by atoms with Gasteiger partial charge in [0, 0.05) is 5.75 Å². The van der Waals surface area contributed by atoms with Crippen LogP contribution >= 0.6 is 11.8 Å². The number of aromatic nitrogens is 3. The Morgan fingerprint density at radius 3 is 2.90 bits per heavy atom. The summed E-state index contributed by atoms with van der Waals surface area (Å²) in [7, 11) is 0. The number of aliphatic carboxylic acids is 1. The lowest BCUT2D eigenvalue weighted by atomic mass is 10.2. The third kappa shape index (κ3) is 2.82. The van der Waals surface area contributed by atoms with E-state index in [1.165, 1.54) is 11.2 Å². The molecule has 1 aliphatic carbocycles. The minimum absolute atomic E-state index is 0.0342. The van der Waals surface area contributed by atoms with Crippen LogP contribution in [0.2, 0.25) is 0 Å². The fraction of sp³-hybridized carbons (Fsp3) is 0.667. The van der Waals surface area contributed by atoms with Crippen molar-refractivity contribution in [2.24, 2.45) is 5.92 Å². The standard InChI is InChI=1S/C12H17N5O3S/c1-6(9-13-5-14-16-9)15-12(20)17-8(11(18)19)4-21-10(17)7-2-3-7/h5-8,10H,2-4H2,1H3,(H,15,20)(H,18,19)(H,13,14,16). The van der Waals surface area contributed by atoms with Gasteiger partial charge in [0.05, 0.1) is 11.4 Å². The zero-order chi connectivity index (χ0) is 15.0. The number of nitrogens with zero attached hydrogens (tertiary/aromatic N) is 3. The number of thioether (sulfide) groups is 1. The first-order valence-electron chi connectivity index (χ1n) is 6.86. The van der Waals surface area contributed by atoms with Gasteiger partial charge in [-0.15, -0.1) is 11.8 Å². The van der Waals surface area contributed by atoms with Crippen LogP contribution in [-0.4, -0.2) is 54.4 Å². The summed E-state index contributed by atoms with van der Waals surface area (Å²) in [4.78, 5) is 29.3. The number of carboxylic acid groups (broad SMARTS) is 1. The highest BCUT2D eigenvalue weighted by Gasteiger charge is 2.48. The topological polar surface area (TPSA) is 111 Å². The quantitative estimate of drug-likeness (QED) is 0.759. The summed E-state index contributed by atoms with van der Waals surface area (Å²) >= 11 is 1.56. The van der Waals surface area contributed by atoms with Crippen molar-refractivity contribution in [2.75, 3.05) is 5.75 Å². The van der Waals surface area contributed by atoms with Gasteiger partial charge >= 0.3 is 12.0 Å². The molecule has 21 heavy (non-hydrogen) atoms. The molecular formula is C12H17N5O3S. The number of carbonyl (C=O) groups excluding carboxylic acids is 1. The molecule has 2 fully saturated rings. The van der Waals surface area contributed by atoms with Gasteiger partial charge in [-0.2, -0.15) is 5.10 Å². The van der Waals surface area contributed by atoms with E-state index in [1.54, 1.807) is 18.7 Å². The Morgan fingerprint density at radius 2 is 2.33 bits per heavy atom. The molecule has 3 unspecified atom stereocenters. The number of hydrogen-bond donors (Lipinski definition) is 3. The number of carbonyl (C=O) groups is 2. The lowest BCUT2D eigenvalue weighted by Gasteiger charge is -2.28. The second kappa shape index (κ2) is 5.55. The highest BCUT2D eigenvalue weighted by atomic mass is 32.2. The van der Waals surface area contributed by atoms with Crippen LogP contribution in [0.15, 0.2) is 6.33 Å². The van der Waals surface area contributed by atoms with Gasteiger partial charge in [-0.1, -0.05) is 0 Å². The van der Waals surface area contributed by atoms with Crippen LogP contribution in [0.1, 0.15) is 31.6 Å². The van der Waals surface area contributed by atoms with Crippen molar-refractivity contribution < 1.29 is 14.7 Å². The largest absolute Gasteiger partial charge is 0.480 e. The van der Waals surface area contributed by atoms with E-state index in [0.29, 0.717) is 17.5 Å². The highest BCUT2D eigenvalue weighted by Crippen LogP contribution is 2.45. The minimum Gasteiger partial charge on any atom is -0.480 e. The van der Waals surface area contributed by atoms with Crippen LogP contribution in [0, 0.1) is 5.92 Å². The summed E-state index contributed by atoms with van der Waals surface area (Å²) < 4.78 is 0. The number of rotatable bonds is 4. The van der Waals surface area contributed by atoms with Gasteiger partial charge in [0.2, 0.25) is 0 Å². The Labute approximate surface area is 125 Å². The van der Waals surface area contributed by atoms with E-state index < -0.39 is 12.0 Å². The summed E-state index contributed by atoms with van der Waals surface area (Å²) in [6.45, 7) is 1.78. The van der Waals surface area contributed by atoms with Crippen LogP contribution in [-0.2, 0) is 4.79 Å². The van der Waals surface area contributed by atoms with Crippen molar-refractivity contribution in [3.63, 3.8) is 0 Å². The number of nitrogens with one attached hydrogen (secondary N) is 2. The van der Waals surface area contributed by atoms with Gasteiger partial charge in [0.25, 0.3) is 0 Å². The van der Waals surface area contributed by atoms with Crippen molar-refractivity contribution in [3.05, 3.63) is 12.2 Å². The molecule has 2 aliphatic rings. The fourth-order valence-corrected chi connectivity index (χ4v) is 4.10. The van der Waals surface area contributed by atoms with Gasteiger partial charge in [0.1, 0.15) is 18.2 Å². The van der Waals surface area contributed by atoms with E-state index in [9.17, 15) is 14.7 Å². The summed E-state index contributed by atoms with van der Waals surface area (Å²) in [5, 5.41) is 18.5. The van der Waals surface area contributed by atoms with Crippen LogP contribution in [0.25, 0.3) is 0 Å². The fourth-order valence-electron chi connectivity index (χ4n) is 2.47. The molecule has 114 valence electrons. The van der Waals surface area contributed by atoms with Crippen LogP contribution in [0.4, 0.5) is 4.79 Å². The number of hydrogen-bond acceptors (Lipinski definition) is 5. The molecular weight excluding hydrogens is 294 g/mol. The zero-order valence-electron chi connectivity index (χ0n) is 11.5. The van der Waals surface area contributed by atoms with Crippen molar-refractivity contribution in [3.8, 4) is 0 Å². The molecule has 0 spiro atoms. The lowest BCUT2D eigenvalue weighted by molar-refractivity contribution is -0.141. The maximum Gasteiger partial charge on any atom is 0.327 e. The SMILES string of the molecule is CC(NC(=O)N1C(C(=O)O)CSC1C1CC1)c1ncn[nH]1. The molecule has 3 N–H and O–H groups in total. The number of H-pyrrole nitrogens is 1. The molecule has 1 saturated heterocycles. The van der Waals surface area contributed by atoms with Crippen LogP contribution < -0.4 is 5.32 Å². The summed E-state index contributed by atoms with van der Waals surface area (Å²) in [5.41, 5.74) is 0. The first kappa shape index (κ1) is 14.2. The van der Waals surface area contributed by atoms with E-state index in [-0.39, 0.29) is 17.4 Å². The first-order valence-corrected chi connectivity index (χ1v) is 7.91. The predicted octanol–water partition coefficient (Wildman–Crippen LogP) is 0.813. The van der Waals surface area contributed by atoms with Crippen LogP contribution in [0.5, 0.6) is 0 Å². The van der Waals surface area contributed by atoms with Gasteiger partial charge in [-0.05, 0) is 25.7 Å². The normalized spacial score (nSPS) is 26.6. The molecule has 2 amide bonds. The summed E-state index contributed by atoms with van der Waals surface area (Å²) in [6, 6.07) is -1.46. The molecule has 0 bridgehead atoms. The Morgan fingerprint density at radius 1 is 1.57 bits per heavy atom. The first-order chi connectivity index (χ1) is 10.1. The van der Waals surface area contributed by atoms with Crippen molar-refractivity contribution in [1.29, 1.82) is 0 Å². The van der Waals surface area contributed by atoms with E-state index in [4.69, 9.17) is 0 Å². The molecule has 0 aromatic carbocycles.